The molecule has 0 radical (unpaired) electrons. The van der Waals surface area contributed by atoms with Crippen LogP contribution in [0.3, 0.4) is 0 Å². The predicted octanol–water partition coefficient (Wildman–Crippen LogP) is 1.04. The summed E-state index contributed by atoms with van der Waals surface area (Å²) in [6.45, 7) is 4.34. The third-order valence-corrected chi connectivity index (χ3v) is 1.65. The van der Waals surface area contributed by atoms with Crippen molar-refractivity contribution >= 4 is 0 Å². The van der Waals surface area contributed by atoms with E-state index in [2.05, 4.69) is 9.97 Å². The highest BCUT2D eigenvalue weighted by molar-refractivity contribution is 5.03. The van der Waals surface area contributed by atoms with Crippen LogP contribution < -0.4 is 5.56 Å². The van der Waals surface area contributed by atoms with Gasteiger partial charge in [-0.1, -0.05) is 13.8 Å². The predicted molar refractivity (Wildman–Crippen MR) is 49.7 cm³/mol. The Morgan fingerprint density at radius 1 is 1.62 bits per heavy atom. The van der Waals surface area contributed by atoms with E-state index in [0.717, 1.165) is 0 Å². The van der Waals surface area contributed by atoms with Crippen molar-refractivity contribution in [1.82, 2.24) is 9.97 Å². The largest absolute Gasteiger partial charge is 0.378 e. The first-order valence-electron chi connectivity index (χ1n) is 4.22. The molecule has 13 heavy (non-hydrogen) atoms. The van der Waals surface area contributed by atoms with Gasteiger partial charge in [0.1, 0.15) is 5.82 Å². The number of hydrogen-bond acceptors (Lipinski definition) is 3. The number of rotatable bonds is 3. The van der Waals surface area contributed by atoms with E-state index in [4.69, 9.17) is 4.74 Å². The van der Waals surface area contributed by atoms with Gasteiger partial charge in [0, 0.05) is 19.1 Å². The van der Waals surface area contributed by atoms with Gasteiger partial charge >= 0.3 is 0 Å². The van der Waals surface area contributed by atoms with Crippen molar-refractivity contribution in [2.75, 3.05) is 7.11 Å². The SMILES string of the molecule is COCc1cc(=O)[nH]c(C(C)C)n1. The van der Waals surface area contributed by atoms with E-state index < -0.39 is 0 Å². The zero-order chi connectivity index (χ0) is 9.84. The molecule has 0 spiro atoms. The quantitative estimate of drug-likeness (QED) is 0.759. The Balaban J connectivity index is 3.04. The Hall–Kier alpha value is -1.16. The van der Waals surface area contributed by atoms with Crippen LogP contribution in [0.1, 0.15) is 31.3 Å². The summed E-state index contributed by atoms with van der Waals surface area (Å²) in [5.41, 5.74) is 0.556. The Labute approximate surface area is 77.0 Å². The van der Waals surface area contributed by atoms with Crippen LogP contribution in [-0.2, 0) is 11.3 Å². The minimum absolute atomic E-state index is 0.120. The Morgan fingerprint density at radius 3 is 2.85 bits per heavy atom. The molecule has 0 aliphatic heterocycles. The summed E-state index contributed by atoms with van der Waals surface area (Å²) in [5, 5.41) is 0. The molecule has 0 aliphatic carbocycles. The van der Waals surface area contributed by atoms with Crippen molar-refractivity contribution in [3.63, 3.8) is 0 Å². The minimum Gasteiger partial charge on any atom is -0.378 e. The highest BCUT2D eigenvalue weighted by atomic mass is 16.5. The Morgan fingerprint density at radius 2 is 2.31 bits per heavy atom. The highest BCUT2D eigenvalue weighted by Crippen LogP contribution is 2.06. The number of aromatic amines is 1. The number of hydrogen-bond donors (Lipinski definition) is 1. The van der Waals surface area contributed by atoms with E-state index in [-0.39, 0.29) is 11.5 Å². The maximum atomic E-state index is 11.1. The van der Waals surface area contributed by atoms with Crippen LogP contribution in [0, 0.1) is 0 Å². The molecule has 0 atom stereocenters. The maximum absolute atomic E-state index is 11.1. The fourth-order valence-corrected chi connectivity index (χ4v) is 1.02. The number of H-pyrrole nitrogens is 1. The van der Waals surface area contributed by atoms with Crippen molar-refractivity contribution < 1.29 is 4.74 Å². The van der Waals surface area contributed by atoms with Crippen LogP contribution in [0.4, 0.5) is 0 Å². The topological polar surface area (TPSA) is 55.0 Å². The monoisotopic (exact) mass is 182 g/mol. The molecule has 0 saturated carbocycles. The summed E-state index contributed by atoms with van der Waals surface area (Å²) in [4.78, 5) is 18.1. The van der Waals surface area contributed by atoms with Crippen molar-refractivity contribution in [1.29, 1.82) is 0 Å². The molecule has 1 heterocycles. The summed E-state index contributed by atoms with van der Waals surface area (Å²) in [7, 11) is 1.58. The molecule has 4 heteroatoms. The van der Waals surface area contributed by atoms with Crippen LogP contribution in [0.2, 0.25) is 0 Å². The lowest BCUT2D eigenvalue weighted by Gasteiger charge is -2.05. The van der Waals surface area contributed by atoms with Crippen molar-refractivity contribution in [3.05, 3.63) is 27.9 Å². The van der Waals surface area contributed by atoms with E-state index in [1.54, 1.807) is 7.11 Å². The molecule has 4 nitrogen and oxygen atoms in total. The molecule has 0 fully saturated rings. The number of methoxy groups -OCH3 is 1. The molecule has 0 amide bonds. The maximum Gasteiger partial charge on any atom is 0.251 e. The molecule has 72 valence electrons. The summed E-state index contributed by atoms with van der Waals surface area (Å²) >= 11 is 0. The number of nitrogens with zero attached hydrogens (tertiary/aromatic N) is 1. The van der Waals surface area contributed by atoms with Crippen molar-refractivity contribution in [3.8, 4) is 0 Å². The first kappa shape index (κ1) is 9.92. The molecule has 1 aromatic heterocycles. The average Bonchev–Trinajstić information content (AvgIpc) is 2.03. The number of nitrogens with one attached hydrogen (secondary N) is 1. The van der Waals surface area contributed by atoms with E-state index in [1.807, 2.05) is 13.8 Å². The minimum atomic E-state index is -0.120. The zero-order valence-electron chi connectivity index (χ0n) is 8.13. The van der Waals surface area contributed by atoms with Gasteiger partial charge in [-0.25, -0.2) is 4.98 Å². The standard InChI is InChI=1S/C9H14N2O2/c1-6(2)9-10-7(5-13-3)4-8(12)11-9/h4,6H,5H2,1-3H3,(H,10,11,12). The van der Waals surface area contributed by atoms with Gasteiger partial charge < -0.3 is 9.72 Å². The lowest BCUT2D eigenvalue weighted by molar-refractivity contribution is 0.181. The third-order valence-electron chi connectivity index (χ3n) is 1.65. The second-order valence-corrected chi connectivity index (χ2v) is 3.21. The van der Waals surface area contributed by atoms with E-state index in [1.165, 1.54) is 6.07 Å². The van der Waals surface area contributed by atoms with E-state index in [0.29, 0.717) is 18.1 Å². The molecule has 0 aromatic carbocycles. The summed E-state index contributed by atoms with van der Waals surface area (Å²) < 4.78 is 4.90. The zero-order valence-corrected chi connectivity index (χ0v) is 8.13. The summed E-state index contributed by atoms with van der Waals surface area (Å²) in [6.07, 6.45) is 0. The Bertz CT molecular complexity index is 331. The molecular weight excluding hydrogens is 168 g/mol. The fraction of sp³-hybridized carbons (Fsp3) is 0.556. The lowest BCUT2D eigenvalue weighted by atomic mass is 10.2. The molecule has 1 aromatic rings. The van der Waals surface area contributed by atoms with Gasteiger partial charge in [-0.05, 0) is 0 Å². The van der Waals surface area contributed by atoms with Crippen LogP contribution in [0.5, 0.6) is 0 Å². The van der Waals surface area contributed by atoms with Crippen LogP contribution in [0.25, 0.3) is 0 Å². The second-order valence-electron chi connectivity index (χ2n) is 3.21. The van der Waals surface area contributed by atoms with Crippen LogP contribution >= 0.6 is 0 Å². The van der Waals surface area contributed by atoms with Gasteiger partial charge in [0.15, 0.2) is 0 Å². The highest BCUT2D eigenvalue weighted by Gasteiger charge is 2.04. The lowest BCUT2D eigenvalue weighted by Crippen LogP contribution is -2.14. The van der Waals surface area contributed by atoms with E-state index >= 15 is 0 Å². The van der Waals surface area contributed by atoms with Gasteiger partial charge in [0.2, 0.25) is 0 Å². The molecular formula is C9H14N2O2. The number of ether oxygens (including phenoxy) is 1. The third kappa shape index (κ3) is 2.66. The normalized spacial score (nSPS) is 10.8. The molecule has 0 saturated heterocycles. The second kappa shape index (κ2) is 4.18. The first-order chi connectivity index (χ1) is 6.13. The van der Waals surface area contributed by atoms with Gasteiger partial charge in [0.05, 0.1) is 12.3 Å². The number of aromatic nitrogens is 2. The van der Waals surface area contributed by atoms with Gasteiger partial charge in [-0.15, -0.1) is 0 Å². The van der Waals surface area contributed by atoms with Crippen molar-refractivity contribution in [2.24, 2.45) is 0 Å². The van der Waals surface area contributed by atoms with Crippen molar-refractivity contribution in [2.45, 2.75) is 26.4 Å². The molecule has 1 N–H and O–H groups in total. The Kier molecular flexibility index (Phi) is 3.19. The average molecular weight is 182 g/mol. The molecule has 0 unspecified atom stereocenters. The van der Waals surface area contributed by atoms with Gasteiger partial charge in [-0.3, -0.25) is 4.79 Å². The molecule has 1 rings (SSSR count). The first-order valence-corrected chi connectivity index (χ1v) is 4.22. The molecule has 0 bridgehead atoms. The van der Waals surface area contributed by atoms with Crippen LogP contribution in [-0.4, -0.2) is 17.1 Å². The smallest absolute Gasteiger partial charge is 0.251 e. The summed E-state index contributed by atoms with van der Waals surface area (Å²) in [6, 6.07) is 1.45. The van der Waals surface area contributed by atoms with Gasteiger partial charge in [0.25, 0.3) is 5.56 Å². The van der Waals surface area contributed by atoms with Gasteiger partial charge in [-0.2, -0.15) is 0 Å². The fourth-order valence-electron chi connectivity index (χ4n) is 1.02. The van der Waals surface area contributed by atoms with Crippen LogP contribution in [0.15, 0.2) is 10.9 Å². The molecule has 0 aliphatic rings. The summed E-state index contributed by atoms with van der Waals surface area (Å²) in [5.74, 6) is 0.934. The van der Waals surface area contributed by atoms with E-state index in [9.17, 15) is 4.79 Å².